The molecule has 0 aliphatic heterocycles. The van der Waals surface area contributed by atoms with Gasteiger partial charge in [0.05, 0.1) is 22.4 Å². The van der Waals surface area contributed by atoms with Crippen molar-refractivity contribution in [1.29, 1.82) is 5.41 Å². The molecule has 0 aliphatic carbocycles. The van der Waals surface area contributed by atoms with E-state index in [1.165, 1.54) is 36.5 Å². The molecule has 0 atom stereocenters. The van der Waals surface area contributed by atoms with Gasteiger partial charge < -0.3 is 0 Å². The second-order valence-corrected chi connectivity index (χ2v) is 11.5. The maximum Gasteiger partial charge on any atom is 0.100 e. The van der Waals surface area contributed by atoms with Crippen LogP contribution in [0, 0.1) is 5.41 Å². The number of fused-ring (bicyclic) bond motifs is 6. The number of benzene rings is 6. The molecule has 0 aliphatic rings. The Bertz CT molecular complexity index is 2310. The van der Waals surface area contributed by atoms with Crippen LogP contribution in [0.3, 0.4) is 0 Å². The minimum Gasteiger partial charge on any atom is -0.300 e. The molecule has 6 aromatic carbocycles. The fraction of sp³-hybridized carbons (Fsp3) is 0. The number of hydrogen-bond donors (Lipinski definition) is 1. The first kappa shape index (κ1) is 24.5. The van der Waals surface area contributed by atoms with Crippen LogP contribution in [-0.2, 0) is 0 Å². The molecule has 0 unspecified atom stereocenters. The van der Waals surface area contributed by atoms with Gasteiger partial charge in [0, 0.05) is 42.1 Å². The van der Waals surface area contributed by atoms with E-state index in [4.69, 9.17) is 10.4 Å². The van der Waals surface area contributed by atoms with Crippen LogP contribution in [0.15, 0.2) is 145 Å². The van der Waals surface area contributed by atoms with E-state index < -0.39 is 0 Å². The minimum absolute atomic E-state index is 0.455. The highest BCUT2D eigenvalue weighted by atomic mass is 32.1. The highest BCUT2D eigenvalue weighted by Crippen LogP contribution is 2.39. The second-order valence-electron chi connectivity index (χ2n) is 10.4. The van der Waals surface area contributed by atoms with Crippen molar-refractivity contribution in [3.63, 3.8) is 0 Å². The first-order valence-electron chi connectivity index (χ1n) is 14.0. The minimum atomic E-state index is 0.455. The molecule has 0 spiro atoms. The SMILES string of the molecule is N=C(c1ccc(-c2ccccc2)cc1)c1ccccc1N=Cn1c2ccccc2c2cc3sc4ccccc4c3cc21. The van der Waals surface area contributed by atoms with Crippen LogP contribution in [-0.4, -0.2) is 16.6 Å². The van der Waals surface area contributed by atoms with Crippen LogP contribution in [0.4, 0.5) is 5.69 Å². The van der Waals surface area contributed by atoms with Crippen LogP contribution in [0.1, 0.15) is 11.1 Å². The molecular formula is C38H25N3S. The van der Waals surface area contributed by atoms with Crippen molar-refractivity contribution in [3.05, 3.63) is 151 Å². The van der Waals surface area contributed by atoms with Gasteiger partial charge >= 0.3 is 0 Å². The van der Waals surface area contributed by atoms with Gasteiger partial charge in [-0.2, -0.15) is 0 Å². The van der Waals surface area contributed by atoms with Gasteiger partial charge in [0.25, 0.3) is 0 Å². The summed E-state index contributed by atoms with van der Waals surface area (Å²) in [5.74, 6) is 0. The highest BCUT2D eigenvalue weighted by Gasteiger charge is 2.14. The van der Waals surface area contributed by atoms with Crippen molar-refractivity contribution in [1.82, 2.24) is 4.57 Å². The first-order chi connectivity index (χ1) is 20.7. The van der Waals surface area contributed by atoms with E-state index in [0.29, 0.717) is 5.71 Å². The first-order valence-corrected chi connectivity index (χ1v) is 14.8. The summed E-state index contributed by atoms with van der Waals surface area (Å²) in [6.07, 6.45) is 1.91. The largest absolute Gasteiger partial charge is 0.300 e. The zero-order chi connectivity index (χ0) is 28.0. The van der Waals surface area contributed by atoms with E-state index in [-0.39, 0.29) is 0 Å². The van der Waals surface area contributed by atoms with Crippen molar-refractivity contribution in [3.8, 4) is 11.1 Å². The summed E-state index contributed by atoms with van der Waals surface area (Å²) in [4.78, 5) is 4.99. The van der Waals surface area contributed by atoms with Gasteiger partial charge in [0.1, 0.15) is 6.34 Å². The summed E-state index contributed by atoms with van der Waals surface area (Å²) in [5.41, 5.74) is 7.42. The van der Waals surface area contributed by atoms with Crippen molar-refractivity contribution in [2.45, 2.75) is 0 Å². The quantitative estimate of drug-likeness (QED) is 0.162. The predicted molar refractivity (Wildman–Crippen MR) is 180 cm³/mol. The average molecular weight is 556 g/mol. The Labute approximate surface area is 247 Å². The molecule has 8 aromatic rings. The number of aromatic nitrogens is 1. The molecule has 0 saturated heterocycles. The molecule has 3 nitrogen and oxygen atoms in total. The van der Waals surface area contributed by atoms with Crippen LogP contribution in [0.25, 0.3) is 53.1 Å². The van der Waals surface area contributed by atoms with Crippen molar-refractivity contribution in [2.24, 2.45) is 4.99 Å². The molecule has 0 saturated carbocycles. The Balaban J connectivity index is 1.22. The molecule has 0 radical (unpaired) electrons. The number of para-hydroxylation sites is 2. The monoisotopic (exact) mass is 555 g/mol. The van der Waals surface area contributed by atoms with Gasteiger partial charge in [0.15, 0.2) is 0 Å². The zero-order valence-corrected chi connectivity index (χ0v) is 23.5. The molecule has 42 heavy (non-hydrogen) atoms. The molecule has 1 N–H and O–H groups in total. The molecule has 8 rings (SSSR count). The lowest BCUT2D eigenvalue weighted by Crippen LogP contribution is -2.02. The van der Waals surface area contributed by atoms with Gasteiger partial charge in [-0.15, -0.1) is 11.3 Å². The third kappa shape index (κ3) is 4.04. The topological polar surface area (TPSA) is 41.1 Å². The van der Waals surface area contributed by atoms with Crippen LogP contribution < -0.4 is 0 Å². The van der Waals surface area contributed by atoms with Crippen LogP contribution in [0.5, 0.6) is 0 Å². The normalized spacial score (nSPS) is 11.8. The summed E-state index contributed by atoms with van der Waals surface area (Å²) < 4.78 is 4.78. The fourth-order valence-corrected chi connectivity index (χ4v) is 7.00. The predicted octanol–water partition coefficient (Wildman–Crippen LogP) is 10.5. The van der Waals surface area contributed by atoms with Crippen molar-refractivity contribution >= 4 is 71.1 Å². The lowest BCUT2D eigenvalue weighted by molar-refractivity contribution is 1.30. The summed E-state index contributed by atoms with van der Waals surface area (Å²) in [6.45, 7) is 0. The fourth-order valence-electron chi connectivity index (χ4n) is 5.87. The van der Waals surface area contributed by atoms with Crippen LogP contribution >= 0.6 is 11.3 Å². The molecule has 0 fully saturated rings. The summed E-state index contributed by atoms with van der Waals surface area (Å²) >= 11 is 1.84. The zero-order valence-electron chi connectivity index (χ0n) is 22.7. The van der Waals surface area contributed by atoms with E-state index in [0.717, 1.165) is 33.4 Å². The van der Waals surface area contributed by atoms with Gasteiger partial charge in [-0.25, -0.2) is 4.99 Å². The maximum absolute atomic E-state index is 9.07. The van der Waals surface area contributed by atoms with Gasteiger partial charge in [-0.3, -0.25) is 9.98 Å². The van der Waals surface area contributed by atoms with E-state index in [1.54, 1.807) is 0 Å². The summed E-state index contributed by atoms with van der Waals surface area (Å²) in [5, 5.41) is 14.0. The smallest absolute Gasteiger partial charge is 0.100 e. The lowest BCUT2D eigenvalue weighted by Gasteiger charge is -2.09. The lowest BCUT2D eigenvalue weighted by atomic mass is 9.98. The van der Waals surface area contributed by atoms with E-state index in [9.17, 15) is 0 Å². The summed E-state index contributed by atoms with van der Waals surface area (Å²) in [7, 11) is 0. The Hall–Kier alpha value is -5.32. The van der Waals surface area contributed by atoms with Gasteiger partial charge in [-0.05, 0) is 41.5 Å². The Morgan fingerprint density at radius 1 is 0.571 bits per heavy atom. The number of nitrogens with one attached hydrogen (secondary N) is 1. The van der Waals surface area contributed by atoms with E-state index >= 15 is 0 Å². The van der Waals surface area contributed by atoms with Crippen molar-refractivity contribution in [2.75, 3.05) is 0 Å². The molecule has 4 heteroatoms. The number of aliphatic imine (C=N–C) groups is 1. The molecule has 0 amide bonds. The standard InChI is InChI=1S/C38H25N3S/c39-38(27-20-18-26(19-21-27)25-10-2-1-3-11-25)30-14-4-7-15-33(30)40-24-41-34-16-8-5-12-28(34)31-23-37-32(22-35(31)41)29-13-6-9-17-36(29)42-37/h1-24,39H. The Kier molecular flexibility index (Phi) is 5.80. The Morgan fingerprint density at radius 2 is 1.26 bits per heavy atom. The Morgan fingerprint density at radius 3 is 2.12 bits per heavy atom. The molecule has 2 heterocycles. The van der Waals surface area contributed by atoms with Crippen molar-refractivity contribution < 1.29 is 0 Å². The number of rotatable bonds is 5. The molecule has 2 aromatic heterocycles. The number of hydrogen-bond acceptors (Lipinski definition) is 3. The van der Waals surface area contributed by atoms with E-state index in [2.05, 4.69) is 89.5 Å². The second kappa shape index (κ2) is 9.95. The molecule has 198 valence electrons. The van der Waals surface area contributed by atoms with Gasteiger partial charge in [-0.1, -0.05) is 109 Å². The maximum atomic E-state index is 9.07. The highest BCUT2D eigenvalue weighted by molar-refractivity contribution is 7.25. The van der Waals surface area contributed by atoms with E-state index in [1.807, 2.05) is 72.3 Å². The molecule has 0 bridgehead atoms. The third-order valence-corrected chi connectivity index (χ3v) is 9.11. The number of thiophene rings is 1. The summed E-state index contributed by atoms with van der Waals surface area (Å²) in [6, 6.07) is 48.2. The average Bonchev–Trinajstić information content (AvgIpc) is 3.57. The number of nitrogens with zero attached hydrogens (tertiary/aromatic N) is 2. The molecular weight excluding hydrogens is 531 g/mol. The van der Waals surface area contributed by atoms with Crippen LogP contribution in [0.2, 0.25) is 0 Å². The van der Waals surface area contributed by atoms with Gasteiger partial charge in [0.2, 0.25) is 0 Å². The third-order valence-electron chi connectivity index (χ3n) is 7.97.